The number of hydrazone groups is 1. The van der Waals surface area contributed by atoms with E-state index in [9.17, 15) is 15.0 Å². The van der Waals surface area contributed by atoms with Crippen molar-refractivity contribution in [3.8, 4) is 17.2 Å². The molecule has 0 unspecified atom stereocenters. The highest BCUT2D eigenvalue weighted by Crippen LogP contribution is 2.35. The summed E-state index contributed by atoms with van der Waals surface area (Å²) in [6.07, 6.45) is 0.599. The third-order valence-corrected chi connectivity index (χ3v) is 1.94. The maximum Gasteiger partial charge on any atom is 0.427 e. The van der Waals surface area contributed by atoms with Crippen LogP contribution in [0.5, 0.6) is 17.2 Å². The summed E-state index contributed by atoms with van der Waals surface area (Å²) in [5.41, 5.74) is 2.57. The number of nitrogens with one attached hydrogen (secondary N) is 1. The molecule has 0 saturated carbocycles. The number of phenols is 2. The minimum absolute atomic E-state index is 0.104. The Bertz CT molecular complexity index is 459. The van der Waals surface area contributed by atoms with Gasteiger partial charge in [-0.05, 0) is 19.1 Å². The second-order valence-corrected chi connectivity index (χ2v) is 3.18. The van der Waals surface area contributed by atoms with Gasteiger partial charge in [-0.1, -0.05) is 0 Å². The number of hydrogen-bond acceptors (Lipinski definition) is 6. The lowest BCUT2D eigenvalue weighted by Crippen LogP contribution is -2.18. The summed E-state index contributed by atoms with van der Waals surface area (Å²) in [5.74, 6) is -0.590. The van der Waals surface area contributed by atoms with Gasteiger partial charge in [0.15, 0.2) is 11.5 Å². The summed E-state index contributed by atoms with van der Waals surface area (Å²) in [7, 11) is 1.35. The van der Waals surface area contributed by atoms with Gasteiger partial charge >= 0.3 is 6.09 Å². The second-order valence-electron chi connectivity index (χ2n) is 3.18. The molecule has 1 aromatic carbocycles. The molecule has 7 heteroatoms. The summed E-state index contributed by atoms with van der Waals surface area (Å²) >= 11 is 0. The fourth-order valence-electron chi connectivity index (χ4n) is 1.17. The Labute approximate surface area is 104 Å². The highest BCUT2D eigenvalue weighted by Gasteiger charge is 2.08. The van der Waals surface area contributed by atoms with Crippen molar-refractivity contribution < 1.29 is 24.5 Å². The Morgan fingerprint density at radius 2 is 2.22 bits per heavy atom. The number of benzene rings is 1. The molecule has 1 rings (SSSR count). The van der Waals surface area contributed by atoms with Gasteiger partial charge < -0.3 is 19.7 Å². The van der Waals surface area contributed by atoms with E-state index < -0.39 is 6.09 Å². The number of carbonyl (C=O) groups is 1. The topological polar surface area (TPSA) is 100 Å². The van der Waals surface area contributed by atoms with Gasteiger partial charge in [0, 0.05) is 5.56 Å². The second kappa shape index (κ2) is 6.33. The van der Waals surface area contributed by atoms with Crippen LogP contribution in [0.2, 0.25) is 0 Å². The van der Waals surface area contributed by atoms with Crippen LogP contribution in [-0.2, 0) is 4.74 Å². The minimum Gasteiger partial charge on any atom is -0.504 e. The van der Waals surface area contributed by atoms with Crippen LogP contribution in [0.15, 0.2) is 17.2 Å². The Morgan fingerprint density at radius 3 is 2.83 bits per heavy atom. The Balaban J connectivity index is 2.76. The Hall–Kier alpha value is -2.44. The highest BCUT2D eigenvalue weighted by atomic mass is 16.5. The first kappa shape index (κ1) is 13.6. The van der Waals surface area contributed by atoms with E-state index in [1.165, 1.54) is 25.5 Å². The van der Waals surface area contributed by atoms with E-state index in [1.54, 1.807) is 6.92 Å². The number of aromatic hydroxyl groups is 2. The SMILES string of the molecule is CCOC(=O)N/N=C/c1cc(O)c(O)c(OC)c1. The van der Waals surface area contributed by atoms with Gasteiger partial charge in [0.1, 0.15) is 0 Å². The lowest BCUT2D eigenvalue weighted by atomic mass is 10.2. The normalized spacial score (nSPS) is 10.3. The van der Waals surface area contributed by atoms with Crippen molar-refractivity contribution in [3.63, 3.8) is 0 Å². The number of nitrogens with zero attached hydrogens (tertiary/aromatic N) is 1. The lowest BCUT2D eigenvalue weighted by molar-refractivity contribution is 0.152. The summed E-state index contributed by atoms with van der Waals surface area (Å²) in [6, 6.07) is 2.72. The van der Waals surface area contributed by atoms with Gasteiger partial charge in [-0.15, -0.1) is 0 Å². The van der Waals surface area contributed by atoms with E-state index in [2.05, 4.69) is 15.3 Å². The molecule has 0 bridgehead atoms. The lowest BCUT2D eigenvalue weighted by Gasteiger charge is -2.06. The van der Waals surface area contributed by atoms with E-state index in [0.717, 1.165) is 0 Å². The quantitative estimate of drug-likeness (QED) is 0.425. The monoisotopic (exact) mass is 254 g/mol. The average molecular weight is 254 g/mol. The molecule has 3 N–H and O–H groups in total. The molecule has 0 aliphatic heterocycles. The van der Waals surface area contributed by atoms with Crippen LogP contribution >= 0.6 is 0 Å². The zero-order valence-corrected chi connectivity index (χ0v) is 10.0. The van der Waals surface area contributed by atoms with Crippen LogP contribution < -0.4 is 10.2 Å². The molecule has 18 heavy (non-hydrogen) atoms. The number of rotatable bonds is 4. The molecule has 1 amide bonds. The molecule has 0 aliphatic rings. The molecular weight excluding hydrogens is 240 g/mol. The summed E-state index contributed by atoms with van der Waals surface area (Å²) in [5, 5.41) is 22.4. The van der Waals surface area contributed by atoms with Crippen LogP contribution in [0, 0.1) is 0 Å². The van der Waals surface area contributed by atoms with E-state index in [-0.39, 0.29) is 23.9 Å². The van der Waals surface area contributed by atoms with Gasteiger partial charge in [-0.2, -0.15) is 5.10 Å². The summed E-state index contributed by atoms with van der Waals surface area (Å²) in [4.78, 5) is 10.9. The van der Waals surface area contributed by atoms with Gasteiger partial charge in [-0.25, -0.2) is 10.2 Å². The number of amides is 1. The fourth-order valence-corrected chi connectivity index (χ4v) is 1.17. The first-order valence-corrected chi connectivity index (χ1v) is 5.14. The number of hydrogen-bond donors (Lipinski definition) is 3. The van der Waals surface area contributed by atoms with E-state index in [1.807, 2.05) is 0 Å². The summed E-state index contributed by atoms with van der Waals surface area (Å²) in [6.45, 7) is 1.92. The highest BCUT2D eigenvalue weighted by molar-refractivity contribution is 5.83. The molecule has 98 valence electrons. The van der Waals surface area contributed by atoms with Gasteiger partial charge in [0.25, 0.3) is 0 Å². The molecule has 0 aromatic heterocycles. The van der Waals surface area contributed by atoms with Crippen molar-refractivity contribution in [3.05, 3.63) is 17.7 Å². The molecule has 0 atom stereocenters. The van der Waals surface area contributed by atoms with Crippen molar-refractivity contribution in [2.24, 2.45) is 5.10 Å². The van der Waals surface area contributed by atoms with Crippen LogP contribution in [0.3, 0.4) is 0 Å². The molecule has 7 nitrogen and oxygen atoms in total. The first-order chi connectivity index (χ1) is 8.58. The van der Waals surface area contributed by atoms with Crippen LogP contribution in [0.25, 0.3) is 0 Å². The van der Waals surface area contributed by atoms with Gasteiger partial charge in [-0.3, -0.25) is 0 Å². The third-order valence-electron chi connectivity index (χ3n) is 1.94. The maximum atomic E-state index is 10.9. The van der Waals surface area contributed by atoms with E-state index >= 15 is 0 Å². The predicted octanol–water partition coefficient (Wildman–Crippen LogP) is 1.19. The average Bonchev–Trinajstić information content (AvgIpc) is 2.33. The standard InChI is InChI=1S/C11H14N2O5/c1-3-18-11(16)13-12-6-7-4-8(14)10(15)9(5-7)17-2/h4-6,14-15H,3H2,1-2H3,(H,13,16)/b12-6+. The molecule has 0 heterocycles. The zero-order valence-electron chi connectivity index (χ0n) is 10.0. The van der Waals surface area contributed by atoms with Crippen molar-refractivity contribution in [1.29, 1.82) is 0 Å². The molecule has 0 aliphatic carbocycles. The molecule has 0 saturated heterocycles. The number of phenolic OH excluding ortho intramolecular Hbond substituents is 2. The molecule has 0 radical (unpaired) electrons. The zero-order chi connectivity index (χ0) is 13.5. The molecular formula is C11H14N2O5. The molecule has 1 aromatic rings. The van der Waals surface area contributed by atoms with Gasteiger partial charge in [0.05, 0.1) is 19.9 Å². The first-order valence-electron chi connectivity index (χ1n) is 5.14. The van der Waals surface area contributed by atoms with Crippen LogP contribution in [-0.4, -0.2) is 36.2 Å². The van der Waals surface area contributed by atoms with Crippen molar-refractivity contribution in [1.82, 2.24) is 5.43 Å². The van der Waals surface area contributed by atoms with E-state index in [4.69, 9.17) is 4.74 Å². The fraction of sp³-hybridized carbons (Fsp3) is 0.273. The van der Waals surface area contributed by atoms with Crippen LogP contribution in [0.4, 0.5) is 4.79 Å². The molecule has 0 fully saturated rings. The number of ether oxygens (including phenoxy) is 2. The Kier molecular flexibility index (Phi) is 4.79. The van der Waals surface area contributed by atoms with Crippen molar-refractivity contribution >= 4 is 12.3 Å². The third kappa shape index (κ3) is 3.55. The number of carbonyl (C=O) groups excluding carboxylic acids is 1. The van der Waals surface area contributed by atoms with Crippen molar-refractivity contribution in [2.45, 2.75) is 6.92 Å². The smallest absolute Gasteiger partial charge is 0.427 e. The number of methoxy groups -OCH3 is 1. The molecule has 0 spiro atoms. The Morgan fingerprint density at radius 1 is 1.50 bits per heavy atom. The van der Waals surface area contributed by atoms with Crippen molar-refractivity contribution in [2.75, 3.05) is 13.7 Å². The largest absolute Gasteiger partial charge is 0.504 e. The summed E-state index contributed by atoms with van der Waals surface area (Å²) < 4.78 is 9.44. The maximum absolute atomic E-state index is 10.9. The van der Waals surface area contributed by atoms with Crippen LogP contribution in [0.1, 0.15) is 12.5 Å². The predicted molar refractivity (Wildman–Crippen MR) is 64.1 cm³/mol. The van der Waals surface area contributed by atoms with E-state index in [0.29, 0.717) is 5.56 Å². The minimum atomic E-state index is -0.677. The van der Waals surface area contributed by atoms with Gasteiger partial charge in [0.2, 0.25) is 5.75 Å².